The van der Waals surface area contributed by atoms with Gasteiger partial charge in [-0.25, -0.2) is 5.01 Å². The van der Waals surface area contributed by atoms with Crippen LogP contribution in [0.2, 0.25) is 0 Å². The smallest absolute Gasteiger partial charge is 0.0221 e. The maximum absolute atomic E-state index is 3.55. The number of hydrogen-bond acceptors (Lipinski definition) is 2. The van der Waals surface area contributed by atoms with Gasteiger partial charge in [-0.05, 0) is 31.1 Å². The Morgan fingerprint density at radius 1 is 0.917 bits per heavy atom. The molecule has 2 atom stereocenters. The van der Waals surface area contributed by atoms with Gasteiger partial charge in [0.2, 0.25) is 0 Å². The number of nitrogens with one attached hydrogen (secondary N) is 1. The summed E-state index contributed by atoms with van der Waals surface area (Å²) in [4.78, 5) is 0. The van der Waals surface area contributed by atoms with Gasteiger partial charge in [0.25, 0.3) is 0 Å². The third-order valence-electron chi connectivity index (χ3n) is 3.22. The van der Waals surface area contributed by atoms with Gasteiger partial charge >= 0.3 is 0 Å². The van der Waals surface area contributed by atoms with E-state index in [4.69, 9.17) is 0 Å². The lowest BCUT2D eigenvalue weighted by Gasteiger charge is -2.52. The summed E-state index contributed by atoms with van der Waals surface area (Å²) in [7, 11) is 0. The average molecular weight is 394 g/mol. The van der Waals surface area contributed by atoms with E-state index in [0.717, 1.165) is 17.9 Å². The van der Waals surface area contributed by atoms with Gasteiger partial charge in [-0.2, -0.15) is 0 Å². The van der Waals surface area contributed by atoms with Crippen LogP contribution in [0.4, 0.5) is 0 Å². The van der Waals surface area contributed by atoms with Crippen LogP contribution >= 0.6 is 48.0 Å². The van der Waals surface area contributed by atoms with Gasteiger partial charge in [-0.1, -0.05) is 0 Å². The molecule has 0 aromatic heterocycles. The third kappa shape index (κ3) is 1.90. The Bertz CT molecular complexity index is 107. The minimum absolute atomic E-state index is 0. The molecule has 4 fully saturated rings. The summed E-state index contributed by atoms with van der Waals surface area (Å²) in [6.07, 6.45) is 4.43. The van der Waals surface area contributed by atoms with Crippen LogP contribution in [0.1, 0.15) is 19.3 Å². The first kappa shape index (κ1) is 11.5. The van der Waals surface area contributed by atoms with Gasteiger partial charge in [0.1, 0.15) is 0 Å². The summed E-state index contributed by atoms with van der Waals surface area (Å²) in [5.74, 6) is 2.08. The van der Waals surface area contributed by atoms with Gasteiger partial charge < -0.3 is 0 Å². The topological polar surface area (TPSA) is 15.3 Å². The number of piperidine rings is 1. The molecule has 1 N–H and O–H groups in total. The number of hydrogen-bond donors (Lipinski definition) is 1. The monoisotopic (exact) mass is 394 g/mol. The number of halogens is 2. The van der Waals surface area contributed by atoms with Crippen molar-refractivity contribution < 1.29 is 0 Å². The van der Waals surface area contributed by atoms with E-state index < -0.39 is 0 Å². The van der Waals surface area contributed by atoms with Crippen LogP contribution in [0.5, 0.6) is 0 Å². The molecule has 3 heterocycles. The number of hydrazine groups is 1. The standard InChI is InChI=1S/C8H14N2.2HI/c1-6-2-8-3-7(1)5-10(4-6)9-8;;/h6-9H,1-5H2;2*1H. The molecule has 72 valence electrons. The van der Waals surface area contributed by atoms with Crippen molar-refractivity contribution in [1.29, 1.82) is 0 Å². The molecule has 2 unspecified atom stereocenters. The molecule has 4 aliphatic rings. The van der Waals surface area contributed by atoms with Crippen LogP contribution in [-0.2, 0) is 0 Å². The van der Waals surface area contributed by atoms with E-state index in [0.29, 0.717) is 0 Å². The van der Waals surface area contributed by atoms with Crippen molar-refractivity contribution in [2.75, 3.05) is 13.1 Å². The quantitative estimate of drug-likeness (QED) is 0.632. The van der Waals surface area contributed by atoms with Crippen molar-refractivity contribution in [3.8, 4) is 0 Å². The van der Waals surface area contributed by atoms with Crippen molar-refractivity contribution >= 4 is 48.0 Å². The molecule has 0 spiro atoms. The van der Waals surface area contributed by atoms with Crippen molar-refractivity contribution in [1.82, 2.24) is 10.4 Å². The molecule has 0 amide bonds. The Morgan fingerprint density at radius 3 is 1.92 bits per heavy atom. The fraction of sp³-hybridized carbons (Fsp3) is 1.00. The zero-order valence-corrected chi connectivity index (χ0v) is 11.7. The zero-order valence-electron chi connectivity index (χ0n) is 7.03. The highest BCUT2D eigenvalue weighted by Gasteiger charge is 2.40. The van der Waals surface area contributed by atoms with E-state index in [1.165, 1.54) is 32.4 Å². The van der Waals surface area contributed by atoms with Gasteiger partial charge in [0.15, 0.2) is 0 Å². The summed E-state index contributed by atoms with van der Waals surface area (Å²) in [6.45, 7) is 2.65. The summed E-state index contributed by atoms with van der Waals surface area (Å²) in [5.41, 5.74) is 3.55. The minimum Gasteiger partial charge on any atom is -0.252 e. The molecule has 4 rings (SSSR count). The van der Waals surface area contributed by atoms with E-state index in [2.05, 4.69) is 10.4 Å². The van der Waals surface area contributed by atoms with Crippen LogP contribution in [0.3, 0.4) is 0 Å². The molecule has 0 aromatic carbocycles. The van der Waals surface area contributed by atoms with E-state index >= 15 is 0 Å². The lowest BCUT2D eigenvalue weighted by molar-refractivity contribution is -0.0469. The zero-order chi connectivity index (χ0) is 6.55. The van der Waals surface area contributed by atoms with Crippen LogP contribution in [0.25, 0.3) is 0 Å². The lowest BCUT2D eigenvalue weighted by Crippen LogP contribution is -2.62. The molecule has 0 radical (unpaired) electrons. The Kier molecular flexibility index (Phi) is 4.07. The maximum Gasteiger partial charge on any atom is 0.0221 e. The fourth-order valence-electron chi connectivity index (χ4n) is 3.03. The summed E-state index contributed by atoms with van der Waals surface area (Å²) in [6, 6.07) is 0.853. The summed E-state index contributed by atoms with van der Waals surface area (Å²) in [5, 5.41) is 2.44. The van der Waals surface area contributed by atoms with Gasteiger partial charge in [-0.3, -0.25) is 5.43 Å². The molecule has 1 aliphatic carbocycles. The first-order chi connectivity index (χ1) is 4.90. The normalized spacial score (nSPS) is 48.0. The first-order valence-corrected chi connectivity index (χ1v) is 4.41. The van der Waals surface area contributed by atoms with E-state index in [1.54, 1.807) is 0 Å². The predicted octanol–water partition coefficient (Wildman–Crippen LogP) is 1.84. The summed E-state index contributed by atoms with van der Waals surface area (Å²) >= 11 is 0. The Balaban J connectivity index is 0.000000360. The van der Waals surface area contributed by atoms with Crippen LogP contribution < -0.4 is 5.43 Å². The second-order valence-corrected chi connectivity index (χ2v) is 4.17. The predicted molar refractivity (Wildman–Crippen MR) is 70.2 cm³/mol. The number of nitrogens with zero attached hydrogens (tertiary/aromatic N) is 1. The van der Waals surface area contributed by atoms with Crippen LogP contribution in [0, 0.1) is 11.8 Å². The lowest BCUT2D eigenvalue weighted by atomic mass is 9.74. The van der Waals surface area contributed by atoms with Crippen molar-refractivity contribution in [2.45, 2.75) is 25.3 Å². The Labute approximate surface area is 108 Å². The van der Waals surface area contributed by atoms with Crippen LogP contribution in [-0.4, -0.2) is 24.1 Å². The fourth-order valence-corrected chi connectivity index (χ4v) is 3.03. The SMILES string of the molecule is C1C2CC3CC1CN(C2)N3.I.I. The molecule has 4 heteroatoms. The molecule has 0 aromatic rings. The largest absolute Gasteiger partial charge is 0.252 e. The second kappa shape index (κ2) is 4.27. The molecular formula is C8H16I2N2. The highest BCUT2D eigenvalue weighted by atomic mass is 127. The molecule has 1 saturated carbocycles. The molecule has 2 nitrogen and oxygen atoms in total. The van der Waals surface area contributed by atoms with Gasteiger partial charge in [0, 0.05) is 19.1 Å². The first-order valence-electron chi connectivity index (χ1n) is 4.41. The van der Waals surface area contributed by atoms with E-state index in [1.807, 2.05) is 0 Å². The highest BCUT2D eigenvalue weighted by Crippen LogP contribution is 2.37. The van der Waals surface area contributed by atoms with E-state index in [-0.39, 0.29) is 48.0 Å². The Morgan fingerprint density at radius 2 is 1.50 bits per heavy atom. The molecule has 3 aliphatic heterocycles. The number of rotatable bonds is 0. The van der Waals surface area contributed by atoms with E-state index in [9.17, 15) is 0 Å². The van der Waals surface area contributed by atoms with Crippen molar-refractivity contribution in [2.24, 2.45) is 11.8 Å². The highest BCUT2D eigenvalue weighted by molar-refractivity contribution is 14.0. The Hall–Kier alpha value is 1.38. The molecule has 3 saturated heterocycles. The third-order valence-corrected chi connectivity index (χ3v) is 3.22. The molecule has 12 heavy (non-hydrogen) atoms. The van der Waals surface area contributed by atoms with Crippen LogP contribution in [0.15, 0.2) is 0 Å². The average Bonchev–Trinajstić information content (AvgIpc) is 1.82. The van der Waals surface area contributed by atoms with Crippen molar-refractivity contribution in [3.05, 3.63) is 0 Å². The maximum atomic E-state index is 3.55. The van der Waals surface area contributed by atoms with Crippen molar-refractivity contribution in [3.63, 3.8) is 0 Å². The van der Waals surface area contributed by atoms with Gasteiger partial charge in [0.05, 0.1) is 0 Å². The van der Waals surface area contributed by atoms with Gasteiger partial charge in [-0.15, -0.1) is 48.0 Å². The minimum atomic E-state index is 0. The molecule has 4 bridgehead atoms. The summed E-state index contributed by atoms with van der Waals surface area (Å²) < 4.78 is 0. The molecular weight excluding hydrogens is 378 g/mol. The second-order valence-electron chi connectivity index (χ2n) is 4.17.